The zero-order valence-corrected chi connectivity index (χ0v) is 8.15. The molecule has 0 spiro atoms. The first-order valence-electron chi connectivity index (χ1n) is 4.51. The summed E-state index contributed by atoms with van der Waals surface area (Å²) in [7, 11) is 0. The maximum Gasteiger partial charge on any atom is 0.0378 e. The number of hydrogen-bond donors (Lipinski definition) is 1. The minimum absolute atomic E-state index is 0.983. The summed E-state index contributed by atoms with van der Waals surface area (Å²) in [5, 5.41) is 0. The maximum absolute atomic E-state index is 5.97. The molecule has 0 saturated carbocycles. The van der Waals surface area contributed by atoms with E-state index >= 15 is 0 Å². The van der Waals surface area contributed by atoms with Crippen molar-refractivity contribution in [3.05, 3.63) is 28.8 Å². The third-order valence-electron chi connectivity index (χ3n) is 2.31. The Morgan fingerprint density at radius 3 is 2.33 bits per heavy atom. The minimum Gasteiger partial charge on any atom is -0.398 e. The lowest BCUT2D eigenvalue weighted by Gasteiger charge is -2.10. The van der Waals surface area contributed by atoms with Crippen LogP contribution in [0.3, 0.4) is 0 Å². The highest BCUT2D eigenvalue weighted by atomic mass is 14.6. The second kappa shape index (κ2) is 3.61. The van der Waals surface area contributed by atoms with Gasteiger partial charge in [-0.2, -0.15) is 0 Å². The monoisotopic (exact) mass is 163 g/mol. The molecular weight excluding hydrogens is 146 g/mol. The Bertz CT molecular complexity index is 277. The van der Waals surface area contributed by atoms with E-state index in [4.69, 9.17) is 5.73 Å². The summed E-state index contributed by atoms with van der Waals surface area (Å²) in [4.78, 5) is 0. The van der Waals surface area contributed by atoms with Crippen LogP contribution in [0.15, 0.2) is 12.1 Å². The smallest absolute Gasteiger partial charge is 0.0378 e. The fourth-order valence-electron chi connectivity index (χ4n) is 1.47. The summed E-state index contributed by atoms with van der Waals surface area (Å²) in [5.74, 6) is 0. The van der Waals surface area contributed by atoms with E-state index in [-0.39, 0.29) is 0 Å². The van der Waals surface area contributed by atoms with Gasteiger partial charge in [-0.25, -0.2) is 0 Å². The summed E-state index contributed by atoms with van der Waals surface area (Å²) in [5.41, 5.74) is 10.8. The zero-order valence-electron chi connectivity index (χ0n) is 8.15. The van der Waals surface area contributed by atoms with Crippen LogP contribution in [0.1, 0.15) is 30.0 Å². The lowest BCUT2D eigenvalue weighted by atomic mass is 9.99. The minimum atomic E-state index is 0.983. The third kappa shape index (κ3) is 1.60. The van der Waals surface area contributed by atoms with Crippen LogP contribution in [-0.2, 0) is 6.42 Å². The van der Waals surface area contributed by atoms with Crippen molar-refractivity contribution in [1.29, 1.82) is 0 Å². The van der Waals surface area contributed by atoms with Crippen LogP contribution >= 0.6 is 0 Å². The molecule has 1 aromatic rings. The van der Waals surface area contributed by atoms with Gasteiger partial charge >= 0.3 is 0 Å². The predicted molar refractivity (Wildman–Crippen MR) is 54.3 cm³/mol. The van der Waals surface area contributed by atoms with Crippen LogP contribution in [-0.4, -0.2) is 0 Å². The van der Waals surface area contributed by atoms with E-state index in [1.807, 2.05) is 0 Å². The molecule has 12 heavy (non-hydrogen) atoms. The number of benzene rings is 1. The maximum atomic E-state index is 5.97. The van der Waals surface area contributed by atoms with Gasteiger partial charge in [0.1, 0.15) is 0 Å². The molecule has 0 aromatic heterocycles. The van der Waals surface area contributed by atoms with Gasteiger partial charge in [0, 0.05) is 5.69 Å². The highest BCUT2D eigenvalue weighted by molar-refractivity contribution is 5.56. The molecule has 0 unspecified atom stereocenters. The van der Waals surface area contributed by atoms with Crippen LogP contribution in [0.5, 0.6) is 0 Å². The molecule has 66 valence electrons. The SMILES string of the molecule is CCCc1c(C)ccc(C)c1N. The molecular formula is C11H17N. The normalized spacial score (nSPS) is 10.2. The van der Waals surface area contributed by atoms with E-state index in [1.54, 1.807) is 0 Å². The van der Waals surface area contributed by atoms with E-state index in [9.17, 15) is 0 Å². The number of aryl methyl sites for hydroxylation is 2. The second-order valence-electron chi connectivity index (χ2n) is 3.34. The first-order chi connectivity index (χ1) is 5.66. The molecule has 0 aliphatic carbocycles. The van der Waals surface area contributed by atoms with Gasteiger partial charge in [-0.05, 0) is 37.0 Å². The average Bonchev–Trinajstić information content (AvgIpc) is 2.06. The molecule has 1 heteroatoms. The molecule has 0 aliphatic heterocycles. The van der Waals surface area contributed by atoms with E-state index in [2.05, 4.69) is 32.9 Å². The number of nitrogens with two attached hydrogens (primary N) is 1. The Morgan fingerprint density at radius 1 is 1.17 bits per heavy atom. The Labute approximate surface area is 74.6 Å². The Hall–Kier alpha value is -0.980. The quantitative estimate of drug-likeness (QED) is 0.666. The van der Waals surface area contributed by atoms with Gasteiger partial charge in [0.15, 0.2) is 0 Å². The number of nitrogen functional groups attached to an aromatic ring is 1. The molecule has 0 fully saturated rings. The van der Waals surface area contributed by atoms with Crippen molar-refractivity contribution in [2.24, 2.45) is 0 Å². The van der Waals surface area contributed by atoms with E-state index in [0.717, 1.165) is 18.5 Å². The third-order valence-corrected chi connectivity index (χ3v) is 2.31. The number of anilines is 1. The van der Waals surface area contributed by atoms with E-state index in [0.29, 0.717) is 0 Å². The van der Waals surface area contributed by atoms with Crippen molar-refractivity contribution in [3.63, 3.8) is 0 Å². The van der Waals surface area contributed by atoms with E-state index < -0.39 is 0 Å². The molecule has 0 saturated heterocycles. The Morgan fingerprint density at radius 2 is 1.75 bits per heavy atom. The topological polar surface area (TPSA) is 26.0 Å². The van der Waals surface area contributed by atoms with Gasteiger partial charge in [-0.3, -0.25) is 0 Å². The molecule has 0 radical (unpaired) electrons. The highest BCUT2D eigenvalue weighted by Gasteiger charge is 2.03. The van der Waals surface area contributed by atoms with Crippen molar-refractivity contribution >= 4 is 5.69 Å². The summed E-state index contributed by atoms with van der Waals surface area (Å²) < 4.78 is 0. The van der Waals surface area contributed by atoms with Crippen molar-refractivity contribution in [3.8, 4) is 0 Å². The lowest BCUT2D eigenvalue weighted by Crippen LogP contribution is -1.99. The fourth-order valence-corrected chi connectivity index (χ4v) is 1.47. The van der Waals surface area contributed by atoms with E-state index in [1.165, 1.54) is 16.7 Å². The van der Waals surface area contributed by atoms with Crippen LogP contribution in [0.2, 0.25) is 0 Å². The Kier molecular flexibility index (Phi) is 2.74. The number of rotatable bonds is 2. The number of hydrogen-bond acceptors (Lipinski definition) is 1. The van der Waals surface area contributed by atoms with Crippen LogP contribution < -0.4 is 5.73 Å². The molecule has 1 aromatic carbocycles. The molecule has 0 amide bonds. The lowest BCUT2D eigenvalue weighted by molar-refractivity contribution is 0.914. The van der Waals surface area contributed by atoms with Crippen molar-refractivity contribution in [1.82, 2.24) is 0 Å². The molecule has 1 rings (SSSR count). The van der Waals surface area contributed by atoms with Crippen LogP contribution in [0, 0.1) is 13.8 Å². The fraction of sp³-hybridized carbons (Fsp3) is 0.455. The average molecular weight is 163 g/mol. The molecule has 0 heterocycles. The van der Waals surface area contributed by atoms with Crippen molar-refractivity contribution < 1.29 is 0 Å². The molecule has 0 bridgehead atoms. The molecule has 1 nitrogen and oxygen atoms in total. The van der Waals surface area contributed by atoms with Gasteiger partial charge in [0.05, 0.1) is 0 Å². The molecule has 0 aliphatic rings. The standard InChI is InChI=1S/C11H17N/c1-4-5-10-8(2)6-7-9(3)11(10)12/h6-7H,4-5,12H2,1-3H3. The zero-order chi connectivity index (χ0) is 9.14. The van der Waals surface area contributed by atoms with Crippen LogP contribution in [0.4, 0.5) is 5.69 Å². The summed E-state index contributed by atoms with van der Waals surface area (Å²) >= 11 is 0. The Balaban J connectivity index is 3.14. The summed E-state index contributed by atoms with van der Waals surface area (Å²) in [6.45, 7) is 6.37. The van der Waals surface area contributed by atoms with Gasteiger partial charge < -0.3 is 5.73 Å². The molecule has 0 atom stereocenters. The van der Waals surface area contributed by atoms with Gasteiger partial charge in [0.25, 0.3) is 0 Å². The van der Waals surface area contributed by atoms with Crippen molar-refractivity contribution in [2.45, 2.75) is 33.6 Å². The largest absolute Gasteiger partial charge is 0.398 e. The first kappa shape index (κ1) is 9.11. The van der Waals surface area contributed by atoms with Crippen LogP contribution in [0.25, 0.3) is 0 Å². The summed E-state index contributed by atoms with van der Waals surface area (Å²) in [6, 6.07) is 4.24. The van der Waals surface area contributed by atoms with Crippen molar-refractivity contribution in [2.75, 3.05) is 5.73 Å². The van der Waals surface area contributed by atoms with Gasteiger partial charge in [-0.1, -0.05) is 25.5 Å². The first-order valence-corrected chi connectivity index (χ1v) is 4.51. The highest BCUT2D eigenvalue weighted by Crippen LogP contribution is 2.21. The molecule has 2 N–H and O–H groups in total. The predicted octanol–water partition coefficient (Wildman–Crippen LogP) is 2.84. The van der Waals surface area contributed by atoms with Gasteiger partial charge in [-0.15, -0.1) is 0 Å². The summed E-state index contributed by atoms with van der Waals surface area (Å²) in [6.07, 6.45) is 2.26. The van der Waals surface area contributed by atoms with Gasteiger partial charge in [0.2, 0.25) is 0 Å². The second-order valence-corrected chi connectivity index (χ2v) is 3.34.